The summed E-state index contributed by atoms with van der Waals surface area (Å²) >= 11 is 0. The van der Waals surface area contributed by atoms with Crippen LogP contribution >= 0.6 is 0 Å². The Morgan fingerprint density at radius 2 is 1.84 bits per heavy atom. The molecule has 4 rings (SSSR count). The van der Waals surface area contributed by atoms with Crippen molar-refractivity contribution in [1.29, 1.82) is 0 Å². The highest BCUT2D eigenvalue weighted by molar-refractivity contribution is 6.07. The lowest BCUT2D eigenvalue weighted by Gasteiger charge is -2.39. The summed E-state index contributed by atoms with van der Waals surface area (Å²) in [6.45, 7) is 7.91. The number of carbonyl (C=O) groups is 3. The van der Waals surface area contributed by atoms with Crippen LogP contribution in [0.2, 0.25) is 0 Å². The van der Waals surface area contributed by atoms with Crippen LogP contribution in [0.3, 0.4) is 0 Å². The second-order valence-electron chi connectivity index (χ2n) is 9.82. The predicted molar refractivity (Wildman–Crippen MR) is 118 cm³/mol. The largest absolute Gasteiger partial charge is 0.340 e. The topological polar surface area (TPSA) is 73.0 Å². The minimum Gasteiger partial charge on any atom is -0.340 e. The second kappa shape index (κ2) is 9.17. The maximum Gasteiger partial charge on any atom is 0.325 e. The highest BCUT2D eigenvalue weighted by Gasteiger charge is 2.54. The molecule has 3 aliphatic heterocycles. The normalized spacial score (nSPS) is 23.8. The Hall–Kier alpha value is -2.48. The molecule has 0 bridgehead atoms. The maximum atomic E-state index is 13.4. The third-order valence-electron chi connectivity index (χ3n) is 6.91. The van der Waals surface area contributed by atoms with Crippen LogP contribution in [0.5, 0.6) is 0 Å². The van der Waals surface area contributed by atoms with Gasteiger partial charge in [0.15, 0.2) is 0 Å². The van der Waals surface area contributed by atoms with E-state index in [-0.39, 0.29) is 36.1 Å². The summed E-state index contributed by atoms with van der Waals surface area (Å²) < 4.78 is 13.1. The van der Waals surface area contributed by atoms with Crippen molar-refractivity contribution < 1.29 is 18.8 Å². The summed E-state index contributed by atoms with van der Waals surface area (Å²) in [7, 11) is 0. The van der Waals surface area contributed by atoms with Gasteiger partial charge >= 0.3 is 6.03 Å². The van der Waals surface area contributed by atoms with Gasteiger partial charge in [-0.05, 0) is 49.3 Å². The molecule has 1 atom stereocenters. The Kier molecular flexibility index (Phi) is 6.51. The van der Waals surface area contributed by atoms with Gasteiger partial charge in [0, 0.05) is 32.7 Å². The lowest BCUT2D eigenvalue weighted by molar-refractivity contribution is -0.139. The van der Waals surface area contributed by atoms with Crippen molar-refractivity contribution in [1.82, 2.24) is 20.0 Å². The zero-order valence-corrected chi connectivity index (χ0v) is 19.0. The van der Waals surface area contributed by atoms with Gasteiger partial charge in [0.1, 0.15) is 11.4 Å². The van der Waals surface area contributed by atoms with E-state index >= 15 is 0 Å². The fourth-order valence-corrected chi connectivity index (χ4v) is 5.23. The Morgan fingerprint density at radius 1 is 1.16 bits per heavy atom. The van der Waals surface area contributed by atoms with Gasteiger partial charge in [0.25, 0.3) is 5.91 Å². The molecule has 0 radical (unpaired) electrons. The molecule has 174 valence electrons. The fraction of sp³-hybridized carbons (Fsp3) is 0.625. The first-order valence-corrected chi connectivity index (χ1v) is 11.7. The molecule has 32 heavy (non-hydrogen) atoms. The van der Waals surface area contributed by atoms with Crippen LogP contribution in [0.4, 0.5) is 9.18 Å². The molecule has 3 fully saturated rings. The number of piperidine rings is 2. The van der Waals surface area contributed by atoms with Crippen LogP contribution in [-0.4, -0.2) is 76.8 Å². The van der Waals surface area contributed by atoms with E-state index in [0.717, 1.165) is 31.6 Å². The highest BCUT2D eigenvalue weighted by Crippen LogP contribution is 2.32. The molecule has 4 amide bonds. The average Bonchev–Trinajstić information content (AvgIpc) is 3.00. The average molecular weight is 445 g/mol. The number of carbonyl (C=O) groups excluding carboxylic acids is 3. The summed E-state index contributed by atoms with van der Waals surface area (Å²) in [6.07, 6.45) is 2.88. The summed E-state index contributed by atoms with van der Waals surface area (Å²) in [5, 5.41) is 3.00. The van der Waals surface area contributed by atoms with Crippen molar-refractivity contribution >= 4 is 17.8 Å². The Morgan fingerprint density at radius 3 is 2.50 bits per heavy atom. The molecule has 0 aliphatic carbocycles. The molecule has 3 saturated heterocycles. The van der Waals surface area contributed by atoms with Gasteiger partial charge in [-0.1, -0.05) is 26.0 Å². The van der Waals surface area contributed by atoms with Gasteiger partial charge in [-0.15, -0.1) is 0 Å². The number of urea groups is 1. The van der Waals surface area contributed by atoms with Gasteiger partial charge in [-0.25, -0.2) is 9.18 Å². The first-order valence-electron chi connectivity index (χ1n) is 11.7. The van der Waals surface area contributed by atoms with E-state index in [1.807, 2.05) is 0 Å². The smallest absolute Gasteiger partial charge is 0.325 e. The van der Waals surface area contributed by atoms with E-state index in [1.165, 1.54) is 17.0 Å². The molecule has 3 heterocycles. The molecule has 0 saturated carbocycles. The van der Waals surface area contributed by atoms with Crippen molar-refractivity contribution in [2.75, 3.05) is 32.7 Å². The molecule has 1 N–H and O–H groups in total. The van der Waals surface area contributed by atoms with Gasteiger partial charge in [0.2, 0.25) is 5.91 Å². The number of rotatable bonds is 5. The van der Waals surface area contributed by atoms with Gasteiger partial charge < -0.3 is 15.1 Å². The van der Waals surface area contributed by atoms with Crippen LogP contribution in [-0.2, 0) is 16.0 Å². The van der Waals surface area contributed by atoms with E-state index < -0.39 is 5.54 Å². The summed E-state index contributed by atoms with van der Waals surface area (Å²) in [5.74, 6) is 0.0337. The zero-order chi connectivity index (χ0) is 22.9. The lowest BCUT2D eigenvalue weighted by atomic mass is 9.86. The van der Waals surface area contributed by atoms with Gasteiger partial charge in [-0.2, -0.15) is 0 Å². The third-order valence-corrected chi connectivity index (χ3v) is 6.91. The van der Waals surface area contributed by atoms with E-state index in [4.69, 9.17) is 0 Å². The summed E-state index contributed by atoms with van der Waals surface area (Å²) in [5.41, 5.74) is -0.0501. The molecule has 7 nitrogen and oxygen atoms in total. The number of benzene rings is 1. The van der Waals surface area contributed by atoms with Gasteiger partial charge in [-0.3, -0.25) is 14.5 Å². The van der Waals surface area contributed by atoms with E-state index in [1.54, 1.807) is 17.0 Å². The second-order valence-corrected chi connectivity index (χ2v) is 9.82. The van der Waals surface area contributed by atoms with E-state index in [9.17, 15) is 18.8 Å². The number of amides is 4. The van der Waals surface area contributed by atoms with Crippen molar-refractivity contribution in [3.8, 4) is 0 Å². The number of imide groups is 1. The van der Waals surface area contributed by atoms with Crippen molar-refractivity contribution in [3.63, 3.8) is 0 Å². The Balaban J connectivity index is 1.39. The molecule has 1 unspecified atom stereocenters. The van der Waals surface area contributed by atoms with Crippen LogP contribution < -0.4 is 5.32 Å². The number of nitrogens with one attached hydrogen (secondary N) is 1. The molecule has 3 aliphatic rings. The van der Waals surface area contributed by atoms with Gasteiger partial charge in [0.05, 0.1) is 12.5 Å². The first kappa shape index (κ1) is 22.7. The number of hydrogen-bond acceptors (Lipinski definition) is 4. The molecule has 8 heteroatoms. The maximum absolute atomic E-state index is 13.4. The fourth-order valence-electron chi connectivity index (χ4n) is 5.23. The van der Waals surface area contributed by atoms with Crippen molar-refractivity contribution in [2.24, 2.45) is 5.92 Å². The van der Waals surface area contributed by atoms with Crippen LogP contribution in [0.15, 0.2) is 24.3 Å². The lowest BCUT2D eigenvalue weighted by Crippen LogP contribution is -2.56. The Labute approximate surface area is 188 Å². The number of hydrogen-bond donors (Lipinski definition) is 1. The molecular formula is C24H33FN4O3. The van der Waals surface area contributed by atoms with E-state index in [0.29, 0.717) is 38.3 Å². The predicted octanol–water partition coefficient (Wildman–Crippen LogP) is 2.40. The van der Waals surface area contributed by atoms with Crippen LogP contribution in [0.25, 0.3) is 0 Å². The number of likely N-dealkylation sites (tertiary alicyclic amines) is 2. The standard InChI is InChI=1S/C24H33FN4O3/c1-17(2)15-27-12-9-24(10-13-27)22(31)29(23(32)26-24)20-4-3-11-28(16-20)21(30)14-18-5-7-19(25)8-6-18/h5-8,17,20H,3-4,9-16H2,1-2H3,(H,26,32). The number of nitrogens with zero attached hydrogens (tertiary/aromatic N) is 3. The van der Waals surface area contributed by atoms with Crippen LogP contribution in [0, 0.1) is 11.7 Å². The quantitative estimate of drug-likeness (QED) is 0.708. The molecule has 1 aromatic carbocycles. The molecular weight excluding hydrogens is 411 g/mol. The third kappa shape index (κ3) is 4.65. The zero-order valence-electron chi connectivity index (χ0n) is 19.0. The van der Waals surface area contributed by atoms with E-state index in [2.05, 4.69) is 24.1 Å². The first-order chi connectivity index (χ1) is 15.3. The molecule has 1 aromatic rings. The highest BCUT2D eigenvalue weighted by atomic mass is 19.1. The van der Waals surface area contributed by atoms with Crippen LogP contribution in [0.1, 0.15) is 45.1 Å². The minimum atomic E-state index is -0.801. The number of halogens is 1. The van der Waals surface area contributed by atoms with Crippen molar-refractivity contribution in [3.05, 3.63) is 35.6 Å². The molecule has 1 spiro atoms. The Bertz CT molecular complexity index is 865. The summed E-state index contributed by atoms with van der Waals surface area (Å²) in [4.78, 5) is 44.6. The van der Waals surface area contributed by atoms with Crippen molar-refractivity contribution in [2.45, 2.75) is 57.5 Å². The summed E-state index contributed by atoms with van der Waals surface area (Å²) in [6, 6.07) is 5.29. The SMILES string of the molecule is CC(C)CN1CCC2(CC1)NC(=O)N(C1CCCN(C(=O)Cc3ccc(F)cc3)C1)C2=O. The minimum absolute atomic E-state index is 0.0648. The monoisotopic (exact) mass is 444 g/mol. The molecule has 0 aromatic heterocycles.